The van der Waals surface area contributed by atoms with Crippen LogP contribution >= 0.6 is 0 Å². The number of likely N-dealkylation sites (N-methyl/N-ethyl adjacent to an activating group) is 1. The lowest BCUT2D eigenvalue weighted by Crippen LogP contribution is -2.48. The van der Waals surface area contributed by atoms with Crippen LogP contribution in [0.5, 0.6) is 0 Å². The van der Waals surface area contributed by atoms with Crippen molar-refractivity contribution in [2.24, 2.45) is 5.92 Å². The van der Waals surface area contributed by atoms with Gasteiger partial charge in [-0.25, -0.2) is 0 Å². The molecule has 0 unspecified atom stereocenters. The van der Waals surface area contributed by atoms with Gasteiger partial charge < -0.3 is 15.1 Å². The number of nitrogens with one attached hydrogen (secondary N) is 1. The van der Waals surface area contributed by atoms with Gasteiger partial charge in [0.1, 0.15) is 0 Å². The first kappa shape index (κ1) is 15.3. The molecule has 20 heavy (non-hydrogen) atoms. The lowest BCUT2D eigenvalue weighted by atomic mass is 9.90. The van der Waals surface area contributed by atoms with Gasteiger partial charge in [-0.05, 0) is 40.4 Å². The number of hydrogen-bond donors (Lipinski definition) is 1. The molecule has 0 bridgehead atoms. The van der Waals surface area contributed by atoms with Crippen molar-refractivity contribution in [2.45, 2.75) is 38.9 Å². The van der Waals surface area contributed by atoms with E-state index in [4.69, 9.17) is 0 Å². The van der Waals surface area contributed by atoms with Gasteiger partial charge in [-0.3, -0.25) is 4.68 Å². The van der Waals surface area contributed by atoms with Gasteiger partial charge in [-0.15, -0.1) is 0 Å². The Balaban J connectivity index is 1.89. The van der Waals surface area contributed by atoms with Gasteiger partial charge in [-0.1, -0.05) is 6.92 Å². The Morgan fingerprint density at radius 1 is 1.40 bits per heavy atom. The third-order valence-electron chi connectivity index (χ3n) is 4.37. The zero-order valence-electron chi connectivity index (χ0n) is 13.5. The monoisotopic (exact) mass is 279 g/mol. The minimum atomic E-state index is 0.549. The highest BCUT2D eigenvalue weighted by atomic mass is 15.3. The van der Waals surface area contributed by atoms with Crippen molar-refractivity contribution in [1.29, 1.82) is 0 Å². The van der Waals surface area contributed by atoms with E-state index in [-0.39, 0.29) is 0 Å². The fraction of sp³-hybridized carbons (Fsp3) is 0.800. The first-order chi connectivity index (χ1) is 9.45. The molecule has 1 aliphatic heterocycles. The highest BCUT2D eigenvalue weighted by Crippen LogP contribution is 2.24. The minimum absolute atomic E-state index is 0.549. The van der Waals surface area contributed by atoms with Crippen molar-refractivity contribution >= 4 is 5.69 Å². The van der Waals surface area contributed by atoms with Crippen LogP contribution in [0.15, 0.2) is 12.4 Å². The van der Waals surface area contributed by atoms with Gasteiger partial charge in [0, 0.05) is 31.4 Å². The number of rotatable bonds is 5. The van der Waals surface area contributed by atoms with E-state index in [1.54, 1.807) is 0 Å². The lowest BCUT2D eigenvalue weighted by molar-refractivity contribution is 0.145. The van der Waals surface area contributed by atoms with Crippen LogP contribution in [0.4, 0.5) is 5.69 Å². The van der Waals surface area contributed by atoms with Crippen LogP contribution in [-0.2, 0) is 6.54 Å². The molecule has 3 atom stereocenters. The SMILES string of the molecule is C[C@@H]1CN(C)[C@H](C)C[C@H]1Nc1cnn(CCN(C)C)c1. The summed E-state index contributed by atoms with van der Waals surface area (Å²) in [6, 6.07) is 1.19. The van der Waals surface area contributed by atoms with Gasteiger partial charge in [0.25, 0.3) is 0 Å². The zero-order chi connectivity index (χ0) is 14.7. The van der Waals surface area contributed by atoms with Crippen molar-refractivity contribution in [3.8, 4) is 0 Å². The predicted molar refractivity (Wildman–Crippen MR) is 84.1 cm³/mol. The van der Waals surface area contributed by atoms with Crippen molar-refractivity contribution in [3.05, 3.63) is 12.4 Å². The van der Waals surface area contributed by atoms with E-state index in [1.165, 1.54) is 6.42 Å². The average molecular weight is 279 g/mol. The lowest BCUT2D eigenvalue weighted by Gasteiger charge is -2.40. The van der Waals surface area contributed by atoms with Gasteiger partial charge in [0.2, 0.25) is 0 Å². The highest BCUT2D eigenvalue weighted by molar-refractivity contribution is 5.39. The molecule has 0 radical (unpaired) electrons. The summed E-state index contributed by atoms with van der Waals surface area (Å²) in [4.78, 5) is 4.62. The maximum absolute atomic E-state index is 4.43. The third kappa shape index (κ3) is 3.96. The maximum Gasteiger partial charge on any atom is 0.0728 e. The molecule has 0 spiro atoms. The molecule has 0 aliphatic carbocycles. The molecular weight excluding hydrogens is 250 g/mol. The molecule has 2 heterocycles. The fourth-order valence-electron chi connectivity index (χ4n) is 2.82. The van der Waals surface area contributed by atoms with Crippen LogP contribution in [0.2, 0.25) is 0 Å². The summed E-state index contributed by atoms with van der Waals surface area (Å²) in [6.07, 6.45) is 5.27. The van der Waals surface area contributed by atoms with Gasteiger partial charge in [0.05, 0.1) is 18.4 Å². The van der Waals surface area contributed by atoms with Gasteiger partial charge >= 0.3 is 0 Å². The molecular formula is C15H29N5. The minimum Gasteiger partial charge on any atom is -0.379 e. The van der Waals surface area contributed by atoms with Crippen molar-refractivity contribution in [2.75, 3.05) is 39.5 Å². The number of nitrogens with zero attached hydrogens (tertiary/aromatic N) is 4. The fourth-order valence-corrected chi connectivity index (χ4v) is 2.82. The third-order valence-corrected chi connectivity index (χ3v) is 4.37. The van der Waals surface area contributed by atoms with E-state index < -0.39 is 0 Å². The molecule has 5 nitrogen and oxygen atoms in total. The van der Waals surface area contributed by atoms with Crippen LogP contribution in [0.1, 0.15) is 20.3 Å². The Morgan fingerprint density at radius 2 is 2.15 bits per heavy atom. The second-order valence-electron chi connectivity index (χ2n) is 6.55. The first-order valence-electron chi connectivity index (χ1n) is 7.59. The van der Waals surface area contributed by atoms with E-state index >= 15 is 0 Å². The first-order valence-corrected chi connectivity index (χ1v) is 7.59. The van der Waals surface area contributed by atoms with Crippen LogP contribution in [0.3, 0.4) is 0 Å². The molecule has 0 aromatic carbocycles. The zero-order valence-corrected chi connectivity index (χ0v) is 13.5. The van der Waals surface area contributed by atoms with Crippen LogP contribution in [-0.4, -0.2) is 65.9 Å². The molecule has 1 aromatic heterocycles. The second-order valence-corrected chi connectivity index (χ2v) is 6.55. The van der Waals surface area contributed by atoms with Crippen molar-refractivity contribution < 1.29 is 0 Å². The highest BCUT2D eigenvalue weighted by Gasteiger charge is 2.28. The van der Waals surface area contributed by atoms with Crippen LogP contribution < -0.4 is 5.32 Å². The largest absolute Gasteiger partial charge is 0.379 e. The topological polar surface area (TPSA) is 36.3 Å². The van der Waals surface area contributed by atoms with Crippen molar-refractivity contribution in [1.82, 2.24) is 19.6 Å². The molecule has 1 N–H and O–H groups in total. The predicted octanol–water partition coefficient (Wildman–Crippen LogP) is 1.59. The molecule has 1 aromatic rings. The summed E-state index contributed by atoms with van der Waals surface area (Å²) >= 11 is 0. The molecule has 0 saturated carbocycles. The van der Waals surface area contributed by atoms with Crippen molar-refractivity contribution in [3.63, 3.8) is 0 Å². The Labute approximate surface area is 122 Å². The Morgan fingerprint density at radius 3 is 2.85 bits per heavy atom. The molecule has 1 fully saturated rings. The molecule has 2 rings (SSSR count). The maximum atomic E-state index is 4.43. The normalized spacial score (nSPS) is 28.0. The number of aromatic nitrogens is 2. The van der Waals surface area contributed by atoms with E-state index in [2.05, 4.69) is 61.4 Å². The summed E-state index contributed by atoms with van der Waals surface area (Å²) in [7, 11) is 6.39. The molecule has 114 valence electrons. The summed E-state index contributed by atoms with van der Waals surface area (Å²) in [5.74, 6) is 0.668. The number of anilines is 1. The Kier molecular flexibility index (Phi) is 5.05. The van der Waals surface area contributed by atoms with E-state index in [0.717, 1.165) is 25.3 Å². The second kappa shape index (κ2) is 6.59. The van der Waals surface area contributed by atoms with Gasteiger partial charge in [-0.2, -0.15) is 5.10 Å². The van der Waals surface area contributed by atoms with E-state index in [0.29, 0.717) is 18.0 Å². The average Bonchev–Trinajstić information content (AvgIpc) is 2.81. The number of hydrogen-bond acceptors (Lipinski definition) is 4. The van der Waals surface area contributed by atoms with Crippen LogP contribution in [0, 0.1) is 5.92 Å². The van der Waals surface area contributed by atoms with Gasteiger partial charge in [0.15, 0.2) is 0 Å². The van der Waals surface area contributed by atoms with E-state index in [9.17, 15) is 0 Å². The van der Waals surface area contributed by atoms with Crippen LogP contribution in [0.25, 0.3) is 0 Å². The summed E-state index contributed by atoms with van der Waals surface area (Å²) in [6.45, 7) is 7.75. The Bertz CT molecular complexity index is 414. The summed E-state index contributed by atoms with van der Waals surface area (Å²) in [5, 5.41) is 8.10. The van der Waals surface area contributed by atoms with E-state index in [1.807, 2.05) is 10.9 Å². The number of piperidine rings is 1. The molecule has 0 amide bonds. The molecule has 1 saturated heterocycles. The standard InChI is InChI=1S/C15H29N5/c1-12-10-19(5)13(2)8-15(12)17-14-9-16-20(11-14)7-6-18(3)4/h9,11-13,15,17H,6-8,10H2,1-5H3/t12-,13-,15-/m1/s1. The number of likely N-dealkylation sites (tertiary alicyclic amines) is 1. The Hall–Kier alpha value is -1.07. The summed E-state index contributed by atoms with van der Waals surface area (Å²) < 4.78 is 2.02. The smallest absolute Gasteiger partial charge is 0.0728 e. The quantitative estimate of drug-likeness (QED) is 0.888. The molecule has 5 heteroatoms. The molecule has 1 aliphatic rings. The summed E-state index contributed by atoms with van der Waals surface area (Å²) in [5.41, 5.74) is 1.15.